The topological polar surface area (TPSA) is 78.4 Å². The first-order valence-corrected chi connectivity index (χ1v) is 6.03. The van der Waals surface area contributed by atoms with Gasteiger partial charge in [-0.2, -0.15) is 0 Å². The van der Waals surface area contributed by atoms with E-state index in [0.29, 0.717) is 5.69 Å². The van der Waals surface area contributed by atoms with E-state index in [-0.39, 0.29) is 12.3 Å². The summed E-state index contributed by atoms with van der Waals surface area (Å²) in [6, 6.07) is 5.86. The van der Waals surface area contributed by atoms with Gasteiger partial charge in [-0.1, -0.05) is 19.1 Å². The zero-order valence-corrected chi connectivity index (χ0v) is 10.9. The molecule has 2 amide bonds. The Labute approximate surface area is 115 Å². The van der Waals surface area contributed by atoms with Crippen LogP contribution in [0.3, 0.4) is 0 Å². The number of rotatable bonds is 6. The third kappa shape index (κ3) is 5.64. The van der Waals surface area contributed by atoms with Crippen molar-refractivity contribution < 1.29 is 23.5 Å². The molecule has 5 nitrogen and oxygen atoms in total. The lowest BCUT2D eigenvalue weighted by Gasteiger charge is -2.11. The van der Waals surface area contributed by atoms with Gasteiger partial charge < -0.3 is 15.7 Å². The number of hydrogen-bond acceptors (Lipinski definition) is 2. The second-order valence-electron chi connectivity index (χ2n) is 4.35. The number of nitrogens with one attached hydrogen (secondary N) is 2. The minimum absolute atomic E-state index is 0.0155. The molecule has 7 heteroatoms. The second-order valence-corrected chi connectivity index (χ2v) is 4.35. The van der Waals surface area contributed by atoms with Gasteiger partial charge in [0.25, 0.3) is 6.43 Å². The van der Waals surface area contributed by atoms with Crippen molar-refractivity contribution in [2.75, 3.05) is 11.9 Å². The first kappa shape index (κ1) is 15.9. The highest BCUT2D eigenvalue weighted by atomic mass is 19.3. The van der Waals surface area contributed by atoms with Gasteiger partial charge in [0.1, 0.15) is 0 Å². The fraction of sp³-hybridized carbons (Fsp3) is 0.385. The molecule has 0 spiro atoms. The number of carboxylic acids is 1. The molecule has 1 atom stereocenters. The summed E-state index contributed by atoms with van der Waals surface area (Å²) in [6.45, 7) is 1.07. The van der Waals surface area contributed by atoms with Crippen molar-refractivity contribution >= 4 is 17.7 Å². The number of hydrogen-bond donors (Lipinski definition) is 3. The van der Waals surface area contributed by atoms with Crippen molar-refractivity contribution in [1.29, 1.82) is 0 Å². The first-order chi connectivity index (χ1) is 9.38. The molecule has 110 valence electrons. The monoisotopic (exact) mass is 286 g/mol. The van der Waals surface area contributed by atoms with Crippen LogP contribution in [0.2, 0.25) is 0 Å². The molecule has 0 fully saturated rings. The summed E-state index contributed by atoms with van der Waals surface area (Å²) in [5.74, 6) is -1.03. The quantitative estimate of drug-likeness (QED) is 0.752. The van der Waals surface area contributed by atoms with Crippen LogP contribution in [0.25, 0.3) is 0 Å². The summed E-state index contributed by atoms with van der Waals surface area (Å²) in [7, 11) is 0. The maximum atomic E-state index is 11.9. The van der Waals surface area contributed by atoms with Gasteiger partial charge in [0.05, 0.1) is 13.0 Å². The van der Waals surface area contributed by atoms with Crippen molar-refractivity contribution in [1.82, 2.24) is 5.32 Å². The minimum Gasteiger partial charge on any atom is -0.481 e. The molecule has 1 unspecified atom stereocenters. The predicted molar refractivity (Wildman–Crippen MR) is 70.1 cm³/mol. The number of urea groups is 1. The zero-order valence-electron chi connectivity index (χ0n) is 10.9. The molecule has 1 rings (SSSR count). The van der Waals surface area contributed by atoms with Gasteiger partial charge in [-0.05, 0) is 23.6 Å². The van der Waals surface area contributed by atoms with Gasteiger partial charge in [-0.3, -0.25) is 4.79 Å². The lowest BCUT2D eigenvalue weighted by molar-refractivity contribution is -0.137. The van der Waals surface area contributed by atoms with Crippen LogP contribution >= 0.6 is 0 Å². The fourth-order valence-corrected chi connectivity index (χ4v) is 1.62. The second kappa shape index (κ2) is 7.42. The Morgan fingerprint density at radius 1 is 1.25 bits per heavy atom. The number of carboxylic acid groups (broad SMARTS) is 1. The highest BCUT2D eigenvalue weighted by Crippen LogP contribution is 2.20. The van der Waals surface area contributed by atoms with Crippen LogP contribution in [0.1, 0.15) is 24.8 Å². The third-order valence-corrected chi connectivity index (χ3v) is 2.64. The van der Waals surface area contributed by atoms with Crippen molar-refractivity contribution in [3.05, 3.63) is 29.8 Å². The molecule has 0 saturated carbocycles. The molecule has 0 radical (unpaired) electrons. The number of benzene rings is 1. The SMILES string of the molecule is CC(CC(=O)O)c1ccc(NC(=O)NCC(F)F)cc1. The van der Waals surface area contributed by atoms with Crippen LogP contribution in [0.4, 0.5) is 19.3 Å². The average Bonchev–Trinajstić information content (AvgIpc) is 2.36. The Kier molecular flexibility index (Phi) is 5.89. The van der Waals surface area contributed by atoms with Crippen LogP contribution < -0.4 is 10.6 Å². The van der Waals surface area contributed by atoms with Gasteiger partial charge in [-0.25, -0.2) is 13.6 Å². The van der Waals surface area contributed by atoms with E-state index in [1.807, 2.05) is 5.32 Å². The molecule has 20 heavy (non-hydrogen) atoms. The van der Waals surface area contributed by atoms with E-state index in [1.54, 1.807) is 31.2 Å². The van der Waals surface area contributed by atoms with Gasteiger partial charge in [0.2, 0.25) is 0 Å². The molecular weight excluding hydrogens is 270 g/mol. The average molecular weight is 286 g/mol. The molecule has 1 aromatic carbocycles. The summed E-state index contributed by atoms with van der Waals surface area (Å²) < 4.78 is 23.8. The van der Waals surface area contributed by atoms with Crippen molar-refractivity contribution in [2.45, 2.75) is 25.7 Å². The molecule has 0 bridgehead atoms. The van der Waals surface area contributed by atoms with Crippen LogP contribution in [-0.2, 0) is 4.79 Å². The summed E-state index contributed by atoms with van der Waals surface area (Å²) >= 11 is 0. The summed E-state index contributed by atoms with van der Waals surface area (Å²) in [5.41, 5.74) is 1.27. The number of carbonyl (C=O) groups is 2. The van der Waals surface area contributed by atoms with E-state index in [0.717, 1.165) is 5.56 Å². The standard InChI is InChI=1S/C13H16F2N2O3/c1-8(6-12(18)19)9-2-4-10(5-3-9)17-13(20)16-7-11(14)15/h2-5,8,11H,6-7H2,1H3,(H,18,19)(H2,16,17,20). The minimum atomic E-state index is -2.60. The third-order valence-electron chi connectivity index (χ3n) is 2.64. The molecule has 3 N–H and O–H groups in total. The van der Waals surface area contributed by atoms with Crippen LogP contribution in [-0.4, -0.2) is 30.1 Å². The van der Waals surface area contributed by atoms with E-state index in [4.69, 9.17) is 5.11 Å². The summed E-state index contributed by atoms with van der Waals surface area (Å²) in [5, 5.41) is 13.1. The van der Waals surface area contributed by atoms with Crippen LogP contribution in [0, 0.1) is 0 Å². The Morgan fingerprint density at radius 2 is 1.85 bits per heavy atom. The molecule has 0 aromatic heterocycles. The smallest absolute Gasteiger partial charge is 0.319 e. The van der Waals surface area contributed by atoms with Crippen molar-refractivity contribution in [2.24, 2.45) is 0 Å². The molecule has 0 aliphatic heterocycles. The fourth-order valence-electron chi connectivity index (χ4n) is 1.62. The highest BCUT2D eigenvalue weighted by molar-refractivity contribution is 5.89. The maximum Gasteiger partial charge on any atom is 0.319 e. The van der Waals surface area contributed by atoms with E-state index < -0.39 is 25.0 Å². The number of aliphatic carboxylic acids is 1. The Bertz CT molecular complexity index is 463. The first-order valence-electron chi connectivity index (χ1n) is 6.03. The Balaban J connectivity index is 2.54. The Morgan fingerprint density at radius 3 is 2.35 bits per heavy atom. The van der Waals surface area contributed by atoms with Gasteiger partial charge in [-0.15, -0.1) is 0 Å². The normalized spacial score (nSPS) is 12.0. The molecular formula is C13H16F2N2O3. The number of alkyl halides is 2. The van der Waals surface area contributed by atoms with E-state index in [1.165, 1.54) is 0 Å². The Hall–Kier alpha value is -2.18. The van der Waals surface area contributed by atoms with E-state index in [2.05, 4.69) is 5.32 Å². The van der Waals surface area contributed by atoms with Gasteiger partial charge in [0.15, 0.2) is 0 Å². The highest BCUT2D eigenvalue weighted by Gasteiger charge is 2.10. The molecule has 0 aliphatic carbocycles. The lowest BCUT2D eigenvalue weighted by Crippen LogP contribution is -2.32. The molecule has 0 heterocycles. The molecule has 0 saturated heterocycles. The van der Waals surface area contributed by atoms with Gasteiger partial charge in [0, 0.05) is 5.69 Å². The molecule has 1 aromatic rings. The maximum absolute atomic E-state index is 11.9. The van der Waals surface area contributed by atoms with Crippen molar-refractivity contribution in [3.8, 4) is 0 Å². The van der Waals surface area contributed by atoms with E-state index >= 15 is 0 Å². The predicted octanol–water partition coefficient (Wildman–Crippen LogP) is 2.65. The van der Waals surface area contributed by atoms with Crippen LogP contribution in [0.5, 0.6) is 0 Å². The summed E-state index contributed by atoms with van der Waals surface area (Å²) in [4.78, 5) is 21.8. The van der Waals surface area contributed by atoms with Crippen LogP contribution in [0.15, 0.2) is 24.3 Å². The largest absolute Gasteiger partial charge is 0.481 e. The summed E-state index contributed by atoms with van der Waals surface area (Å²) in [6.07, 6.45) is -2.58. The number of halogens is 2. The number of carbonyl (C=O) groups excluding carboxylic acids is 1. The zero-order chi connectivity index (χ0) is 15.1. The number of amides is 2. The lowest BCUT2D eigenvalue weighted by atomic mass is 9.98. The van der Waals surface area contributed by atoms with Crippen molar-refractivity contribution in [3.63, 3.8) is 0 Å². The number of anilines is 1. The molecule has 0 aliphatic rings. The van der Waals surface area contributed by atoms with E-state index in [9.17, 15) is 18.4 Å². The van der Waals surface area contributed by atoms with Gasteiger partial charge >= 0.3 is 12.0 Å².